The lowest BCUT2D eigenvalue weighted by molar-refractivity contribution is -0.133. The van der Waals surface area contributed by atoms with Crippen LogP contribution >= 0.6 is 0 Å². The SMILES string of the molecule is C=CC[C@]1(OC(=O)OC)CCC2=C(C(=O)O)CCC[C@@]21C. The molecule has 0 aromatic heterocycles. The summed E-state index contributed by atoms with van der Waals surface area (Å²) in [6.07, 6.45) is 4.93. The molecule has 0 aliphatic heterocycles. The van der Waals surface area contributed by atoms with E-state index in [1.807, 2.05) is 6.92 Å². The molecule has 1 saturated carbocycles. The number of ether oxygens (including phenoxy) is 2. The highest BCUT2D eigenvalue weighted by molar-refractivity contribution is 5.88. The molecule has 2 aliphatic carbocycles. The van der Waals surface area contributed by atoms with Crippen LogP contribution < -0.4 is 0 Å². The quantitative estimate of drug-likeness (QED) is 0.635. The maximum atomic E-state index is 11.7. The molecule has 0 amide bonds. The zero-order chi connectivity index (χ0) is 15.7. The van der Waals surface area contributed by atoms with Crippen LogP contribution in [0.15, 0.2) is 23.8 Å². The normalized spacial score (nSPS) is 31.5. The molecule has 5 nitrogen and oxygen atoms in total. The topological polar surface area (TPSA) is 72.8 Å². The van der Waals surface area contributed by atoms with E-state index in [1.54, 1.807) is 6.08 Å². The number of methoxy groups -OCH3 is 1. The van der Waals surface area contributed by atoms with Crippen LogP contribution in [0, 0.1) is 5.41 Å². The molecule has 0 saturated heterocycles. The fourth-order valence-electron chi connectivity index (χ4n) is 3.99. The molecule has 116 valence electrons. The summed E-state index contributed by atoms with van der Waals surface area (Å²) >= 11 is 0. The third kappa shape index (κ3) is 2.34. The minimum Gasteiger partial charge on any atom is -0.478 e. The molecule has 2 aliphatic rings. The van der Waals surface area contributed by atoms with Crippen LogP contribution in [0.2, 0.25) is 0 Å². The van der Waals surface area contributed by atoms with Crippen molar-refractivity contribution in [1.29, 1.82) is 0 Å². The number of carboxylic acids is 1. The molecule has 2 atom stereocenters. The van der Waals surface area contributed by atoms with Gasteiger partial charge < -0.3 is 14.6 Å². The fourth-order valence-corrected chi connectivity index (χ4v) is 3.99. The molecule has 0 heterocycles. The Labute approximate surface area is 124 Å². The van der Waals surface area contributed by atoms with Gasteiger partial charge in [0.2, 0.25) is 0 Å². The van der Waals surface area contributed by atoms with Crippen molar-refractivity contribution in [2.24, 2.45) is 5.41 Å². The van der Waals surface area contributed by atoms with Gasteiger partial charge in [0.25, 0.3) is 0 Å². The van der Waals surface area contributed by atoms with Crippen molar-refractivity contribution >= 4 is 12.1 Å². The van der Waals surface area contributed by atoms with Crippen LogP contribution in [0.4, 0.5) is 4.79 Å². The Morgan fingerprint density at radius 2 is 2.10 bits per heavy atom. The zero-order valence-electron chi connectivity index (χ0n) is 12.6. The molecule has 1 fully saturated rings. The Morgan fingerprint density at radius 3 is 2.67 bits per heavy atom. The Hall–Kier alpha value is -1.78. The lowest BCUT2D eigenvalue weighted by Gasteiger charge is -2.45. The van der Waals surface area contributed by atoms with Crippen LogP contribution in [0.25, 0.3) is 0 Å². The number of aliphatic carboxylic acids is 1. The minimum absolute atomic E-state index is 0.457. The highest BCUT2D eigenvalue weighted by atomic mass is 16.7. The molecular weight excluding hydrogens is 272 g/mol. The van der Waals surface area contributed by atoms with Crippen molar-refractivity contribution in [3.05, 3.63) is 23.8 Å². The van der Waals surface area contributed by atoms with Crippen molar-refractivity contribution in [1.82, 2.24) is 0 Å². The van der Waals surface area contributed by atoms with E-state index in [0.717, 1.165) is 18.4 Å². The fraction of sp³-hybridized carbons (Fsp3) is 0.625. The van der Waals surface area contributed by atoms with E-state index in [2.05, 4.69) is 11.3 Å². The Bertz CT molecular complexity index is 507. The summed E-state index contributed by atoms with van der Waals surface area (Å²) < 4.78 is 10.3. The second-order valence-corrected chi connectivity index (χ2v) is 5.99. The van der Waals surface area contributed by atoms with E-state index in [-0.39, 0.29) is 0 Å². The molecular formula is C16H22O5. The van der Waals surface area contributed by atoms with E-state index in [9.17, 15) is 14.7 Å². The maximum absolute atomic E-state index is 11.7. The molecule has 0 radical (unpaired) electrons. The van der Waals surface area contributed by atoms with Gasteiger partial charge in [-0.25, -0.2) is 9.59 Å². The number of hydrogen-bond acceptors (Lipinski definition) is 4. The smallest absolute Gasteiger partial charge is 0.478 e. The third-order valence-electron chi connectivity index (χ3n) is 5.10. The number of fused-ring (bicyclic) bond motifs is 1. The molecule has 21 heavy (non-hydrogen) atoms. The van der Waals surface area contributed by atoms with Gasteiger partial charge in [0.15, 0.2) is 0 Å². The van der Waals surface area contributed by atoms with Crippen LogP contribution in [-0.2, 0) is 14.3 Å². The van der Waals surface area contributed by atoms with Gasteiger partial charge in [-0.05, 0) is 37.7 Å². The van der Waals surface area contributed by atoms with Gasteiger partial charge >= 0.3 is 12.1 Å². The first-order chi connectivity index (χ1) is 9.90. The summed E-state index contributed by atoms with van der Waals surface area (Å²) in [5.74, 6) is -0.858. The third-order valence-corrected chi connectivity index (χ3v) is 5.10. The first-order valence-corrected chi connectivity index (χ1v) is 7.24. The minimum atomic E-state index is -0.858. The second kappa shape index (κ2) is 5.54. The maximum Gasteiger partial charge on any atom is 0.508 e. The lowest BCUT2D eigenvalue weighted by atomic mass is 9.65. The van der Waals surface area contributed by atoms with E-state index in [0.29, 0.717) is 31.3 Å². The highest BCUT2D eigenvalue weighted by Gasteiger charge is 2.58. The second-order valence-electron chi connectivity index (χ2n) is 5.99. The average molecular weight is 294 g/mol. The van der Waals surface area contributed by atoms with Gasteiger partial charge in [-0.15, -0.1) is 6.58 Å². The van der Waals surface area contributed by atoms with Crippen molar-refractivity contribution < 1.29 is 24.2 Å². The van der Waals surface area contributed by atoms with Crippen molar-refractivity contribution in [3.8, 4) is 0 Å². The summed E-state index contributed by atoms with van der Waals surface area (Å²) in [7, 11) is 1.28. The average Bonchev–Trinajstić information content (AvgIpc) is 2.72. The summed E-state index contributed by atoms with van der Waals surface area (Å²) in [6.45, 7) is 5.76. The molecule has 2 rings (SSSR count). The van der Waals surface area contributed by atoms with E-state index in [4.69, 9.17) is 4.74 Å². The molecule has 0 unspecified atom stereocenters. The van der Waals surface area contributed by atoms with Crippen molar-refractivity contribution in [2.75, 3.05) is 7.11 Å². The van der Waals surface area contributed by atoms with Gasteiger partial charge in [-0.3, -0.25) is 0 Å². The highest BCUT2D eigenvalue weighted by Crippen LogP contribution is 2.60. The van der Waals surface area contributed by atoms with Crippen LogP contribution in [0.1, 0.15) is 45.4 Å². The van der Waals surface area contributed by atoms with Gasteiger partial charge in [-0.1, -0.05) is 13.0 Å². The van der Waals surface area contributed by atoms with E-state index in [1.165, 1.54) is 7.11 Å². The molecule has 1 N–H and O–H groups in total. The zero-order valence-corrected chi connectivity index (χ0v) is 12.6. The number of rotatable bonds is 4. The number of hydrogen-bond donors (Lipinski definition) is 1. The van der Waals surface area contributed by atoms with Crippen LogP contribution in [-0.4, -0.2) is 29.9 Å². The van der Waals surface area contributed by atoms with E-state index >= 15 is 0 Å². The van der Waals surface area contributed by atoms with Gasteiger partial charge in [0, 0.05) is 17.4 Å². The number of carbonyl (C=O) groups is 2. The molecule has 5 heteroatoms. The monoisotopic (exact) mass is 294 g/mol. The summed E-state index contributed by atoms with van der Waals surface area (Å²) in [4.78, 5) is 23.1. The van der Waals surface area contributed by atoms with Crippen molar-refractivity contribution in [3.63, 3.8) is 0 Å². The molecule has 0 bridgehead atoms. The predicted molar refractivity (Wildman–Crippen MR) is 76.9 cm³/mol. The lowest BCUT2D eigenvalue weighted by Crippen LogP contribution is -2.47. The van der Waals surface area contributed by atoms with Gasteiger partial charge in [0.1, 0.15) is 5.60 Å². The largest absolute Gasteiger partial charge is 0.508 e. The standard InChI is InChI=1S/C16H22O5/c1-4-8-16(21-14(19)20-3)10-7-12-11(13(17)18)6-5-9-15(12,16)2/h4H,1,5-10H2,2-3H3,(H,17,18)/t15-,16-/m0/s1. The summed E-state index contributed by atoms with van der Waals surface area (Å²) in [6, 6.07) is 0. The van der Waals surface area contributed by atoms with Crippen molar-refractivity contribution in [2.45, 2.75) is 51.0 Å². The number of carbonyl (C=O) groups excluding carboxylic acids is 1. The molecule has 0 spiro atoms. The summed E-state index contributed by atoms with van der Waals surface area (Å²) in [5.41, 5.74) is 0.204. The predicted octanol–water partition coefficient (Wildman–Crippen LogP) is 3.45. The van der Waals surface area contributed by atoms with Gasteiger partial charge in [0.05, 0.1) is 7.11 Å². The Balaban J connectivity index is 2.49. The van der Waals surface area contributed by atoms with E-state index < -0.39 is 23.1 Å². The van der Waals surface area contributed by atoms with Crippen LogP contribution in [0.3, 0.4) is 0 Å². The first-order valence-electron chi connectivity index (χ1n) is 7.24. The summed E-state index contributed by atoms with van der Waals surface area (Å²) in [5, 5.41) is 9.42. The molecule has 0 aromatic rings. The van der Waals surface area contributed by atoms with Crippen LogP contribution in [0.5, 0.6) is 0 Å². The Morgan fingerprint density at radius 1 is 1.38 bits per heavy atom. The van der Waals surface area contributed by atoms with Gasteiger partial charge in [-0.2, -0.15) is 0 Å². The first kappa shape index (κ1) is 15.6. The number of carboxylic acid groups (broad SMARTS) is 1. The molecule has 0 aromatic carbocycles. The Kier molecular flexibility index (Phi) is 4.12.